The van der Waals surface area contributed by atoms with Crippen LogP contribution >= 0.6 is 0 Å². The summed E-state index contributed by atoms with van der Waals surface area (Å²) in [6, 6.07) is 9.90. The lowest BCUT2D eigenvalue weighted by molar-refractivity contribution is 0.219. The van der Waals surface area contributed by atoms with E-state index in [1.165, 1.54) is 12.1 Å². The largest absolute Gasteiger partial charge is 0.384 e. The zero-order valence-corrected chi connectivity index (χ0v) is 11.6. The van der Waals surface area contributed by atoms with E-state index in [0.29, 0.717) is 11.1 Å². The van der Waals surface area contributed by atoms with Crippen molar-refractivity contribution in [3.63, 3.8) is 0 Å². The van der Waals surface area contributed by atoms with Gasteiger partial charge in [-0.2, -0.15) is 0 Å². The summed E-state index contributed by atoms with van der Waals surface area (Å²) in [4.78, 5) is 4.32. The maximum Gasteiger partial charge on any atom is 0.175 e. The molecule has 1 atom stereocenters. The highest BCUT2D eigenvalue weighted by atomic mass is 32.2. The second kappa shape index (κ2) is 5.11. The molecule has 19 heavy (non-hydrogen) atoms. The van der Waals surface area contributed by atoms with Crippen LogP contribution in [0, 0.1) is 6.92 Å². The van der Waals surface area contributed by atoms with Crippen molar-refractivity contribution >= 4 is 9.84 Å². The Hall–Kier alpha value is -1.72. The molecule has 0 saturated heterocycles. The Kier molecular flexibility index (Phi) is 3.68. The fourth-order valence-corrected chi connectivity index (χ4v) is 2.42. The van der Waals surface area contributed by atoms with Gasteiger partial charge in [0.15, 0.2) is 9.84 Å². The van der Waals surface area contributed by atoms with Gasteiger partial charge >= 0.3 is 0 Å². The Morgan fingerprint density at radius 1 is 1.16 bits per heavy atom. The highest BCUT2D eigenvalue weighted by Gasteiger charge is 2.14. The van der Waals surface area contributed by atoms with Crippen LogP contribution in [0.5, 0.6) is 0 Å². The van der Waals surface area contributed by atoms with Crippen LogP contribution in [-0.2, 0) is 9.84 Å². The predicted molar refractivity (Wildman–Crippen MR) is 72.6 cm³/mol. The molecule has 2 aromatic rings. The molecule has 5 heteroatoms. The number of nitrogens with zero attached hydrogens (tertiary/aromatic N) is 1. The van der Waals surface area contributed by atoms with Crippen LogP contribution in [0.3, 0.4) is 0 Å². The van der Waals surface area contributed by atoms with E-state index >= 15 is 0 Å². The van der Waals surface area contributed by atoms with Crippen LogP contribution < -0.4 is 0 Å². The van der Waals surface area contributed by atoms with Crippen LogP contribution in [0.4, 0.5) is 0 Å². The third-order valence-corrected chi connectivity index (χ3v) is 3.96. The summed E-state index contributed by atoms with van der Waals surface area (Å²) in [5.41, 5.74) is 2.03. The molecular formula is C14H15NO3S. The van der Waals surface area contributed by atoms with E-state index < -0.39 is 15.9 Å². The number of hydrogen-bond acceptors (Lipinski definition) is 4. The van der Waals surface area contributed by atoms with Crippen LogP contribution in [0.2, 0.25) is 0 Å². The monoisotopic (exact) mass is 277 g/mol. The molecule has 100 valence electrons. The topological polar surface area (TPSA) is 67.3 Å². The Morgan fingerprint density at radius 2 is 1.89 bits per heavy atom. The minimum Gasteiger partial charge on any atom is -0.384 e. The van der Waals surface area contributed by atoms with Gasteiger partial charge in [-0.25, -0.2) is 8.42 Å². The molecule has 2 rings (SSSR count). The number of rotatable bonds is 3. The van der Waals surface area contributed by atoms with Crippen LogP contribution in [0.1, 0.15) is 22.9 Å². The number of pyridine rings is 1. The van der Waals surface area contributed by atoms with E-state index in [9.17, 15) is 13.5 Å². The van der Waals surface area contributed by atoms with Gasteiger partial charge in [0.25, 0.3) is 0 Å². The summed E-state index contributed by atoms with van der Waals surface area (Å²) in [5, 5.41) is 10.2. The van der Waals surface area contributed by atoms with Gasteiger partial charge < -0.3 is 5.11 Å². The molecule has 1 heterocycles. The molecule has 0 amide bonds. The number of hydrogen-bond donors (Lipinski definition) is 1. The average molecular weight is 277 g/mol. The minimum atomic E-state index is -3.27. The number of aromatic nitrogens is 1. The van der Waals surface area contributed by atoms with E-state index in [2.05, 4.69) is 4.98 Å². The Balaban J connectivity index is 2.39. The summed E-state index contributed by atoms with van der Waals surface area (Å²) >= 11 is 0. The summed E-state index contributed by atoms with van der Waals surface area (Å²) in [6.07, 6.45) is 1.86. The third kappa shape index (κ3) is 3.19. The molecular weight excluding hydrogens is 262 g/mol. The van der Waals surface area contributed by atoms with Gasteiger partial charge in [0.1, 0.15) is 6.10 Å². The van der Waals surface area contributed by atoms with Crippen molar-refractivity contribution in [1.82, 2.24) is 4.98 Å². The zero-order chi connectivity index (χ0) is 14.0. The van der Waals surface area contributed by atoms with E-state index in [0.717, 1.165) is 11.9 Å². The number of aryl methyl sites for hydroxylation is 1. The maximum atomic E-state index is 11.5. The normalized spacial score (nSPS) is 13.2. The van der Waals surface area contributed by atoms with Crippen molar-refractivity contribution in [2.45, 2.75) is 17.9 Å². The Labute approximate surface area is 112 Å². The van der Waals surface area contributed by atoms with Gasteiger partial charge in [-0.05, 0) is 30.7 Å². The first-order valence-corrected chi connectivity index (χ1v) is 7.68. The standard InChI is InChI=1S/C14H15NO3S/c1-10-6-7-12(9-15-10)14(16)11-4-3-5-13(8-11)19(2,17)18/h3-9,14,16H,1-2H3. The lowest BCUT2D eigenvalue weighted by atomic mass is 10.0. The average Bonchev–Trinajstić information content (AvgIpc) is 2.38. The second-order valence-corrected chi connectivity index (χ2v) is 6.50. The highest BCUT2D eigenvalue weighted by molar-refractivity contribution is 7.90. The van der Waals surface area contributed by atoms with Gasteiger partial charge in [-0.3, -0.25) is 4.98 Å². The van der Waals surface area contributed by atoms with Gasteiger partial charge in [-0.1, -0.05) is 18.2 Å². The molecule has 1 unspecified atom stereocenters. The Bertz CT molecular complexity index is 678. The first-order valence-electron chi connectivity index (χ1n) is 5.78. The molecule has 0 spiro atoms. The second-order valence-electron chi connectivity index (χ2n) is 4.48. The van der Waals surface area contributed by atoms with Crippen molar-refractivity contribution < 1.29 is 13.5 Å². The van der Waals surface area contributed by atoms with Gasteiger partial charge in [0, 0.05) is 23.7 Å². The van der Waals surface area contributed by atoms with Crippen molar-refractivity contribution in [3.8, 4) is 0 Å². The minimum absolute atomic E-state index is 0.198. The molecule has 0 saturated carbocycles. The van der Waals surface area contributed by atoms with E-state index in [4.69, 9.17) is 0 Å². The zero-order valence-electron chi connectivity index (χ0n) is 10.7. The molecule has 0 aliphatic rings. The fraction of sp³-hybridized carbons (Fsp3) is 0.214. The molecule has 0 fully saturated rings. The van der Waals surface area contributed by atoms with Crippen LogP contribution in [-0.4, -0.2) is 24.8 Å². The molecule has 0 aliphatic heterocycles. The fourth-order valence-electron chi connectivity index (χ4n) is 1.75. The van der Waals surface area contributed by atoms with Crippen molar-refractivity contribution in [2.75, 3.05) is 6.26 Å². The van der Waals surface area contributed by atoms with Crippen LogP contribution in [0.25, 0.3) is 0 Å². The number of benzene rings is 1. The number of sulfone groups is 1. The van der Waals surface area contributed by atoms with E-state index in [1.54, 1.807) is 30.5 Å². The van der Waals surface area contributed by atoms with Crippen LogP contribution in [0.15, 0.2) is 47.5 Å². The first kappa shape index (κ1) is 13.7. The predicted octanol–water partition coefficient (Wildman–Crippen LogP) is 1.88. The van der Waals surface area contributed by atoms with E-state index in [-0.39, 0.29) is 4.90 Å². The van der Waals surface area contributed by atoms with Gasteiger partial charge in [0.2, 0.25) is 0 Å². The number of aliphatic hydroxyl groups is 1. The highest BCUT2D eigenvalue weighted by Crippen LogP contribution is 2.23. The summed E-state index contributed by atoms with van der Waals surface area (Å²) < 4.78 is 23.0. The quantitative estimate of drug-likeness (QED) is 0.930. The molecule has 0 bridgehead atoms. The lowest BCUT2D eigenvalue weighted by Crippen LogP contribution is -2.03. The molecule has 0 radical (unpaired) electrons. The van der Waals surface area contributed by atoms with Crippen molar-refractivity contribution in [2.24, 2.45) is 0 Å². The van der Waals surface area contributed by atoms with Gasteiger partial charge in [0.05, 0.1) is 4.90 Å². The van der Waals surface area contributed by atoms with Crippen molar-refractivity contribution in [3.05, 3.63) is 59.4 Å². The molecule has 1 aromatic heterocycles. The molecule has 4 nitrogen and oxygen atoms in total. The van der Waals surface area contributed by atoms with Gasteiger partial charge in [-0.15, -0.1) is 0 Å². The number of aliphatic hydroxyl groups excluding tert-OH is 1. The first-order chi connectivity index (χ1) is 8.88. The van der Waals surface area contributed by atoms with Crippen molar-refractivity contribution in [1.29, 1.82) is 0 Å². The third-order valence-electron chi connectivity index (χ3n) is 2.85. The summed E-state index contributed by atoms with van der Waals surface area (Å²) in [5.74, 6) is 0. The summed E-state index contributed by atoms with van der Waals surface area (Å²) in [6.45, 7) is 1.86. The summed E-state index contributed by atoms with van der Waals surface area (Å²) in [7, 11) is -3.27. The molecule has 1 N–H and O–H groups in total. The van der Waals surface area contributed by atoms with E-state index in [1.807, 2.05) is 6.92 Å². The lowest BCUT2D eigenvalue weighted by Gasteiger charge is -2.12. The molecule has 0 aliphatic carbocycles. The Morgan fingerprint density at radius 3 is 2.47 bits per heavy atom. The molecule has 1 aromatic carbocycles. The maximum absolute atomic E-state index is 11.5. The SMILES string of the molecule is Cc1ccc(C(O)c2cccc(S(C)(=O)=O)c2)cn1. The smallest absolute Gasteiger partial charge is 0.175 e.